The molecule has 0 bridgehead atoms. The maximum absolute atomic E-state index is 12.5. The fraction of sp³-hybridized carbons (Fsp3) is 0.909. The summed E-state index contributed by atoms with van der Waals surface area (Å²) in [5.74, 6) is -0.530. The molecular formula is C22H32O6. The Morgan fingerprint density at radius 2 is 1.93 bits per heavy atom. The molecule has 5 unspecified atom stereocenters. The number of hydrogen-bond acceptors (Lipinski definition) is 6. The van der Waals surface area contributed by atoms with Crippen LogP contribution in [0.25, 0.3) is 0 Å². The van der Waals surface area contributed by atoms with Gasteiger partial charge in [0.15, 0.2) is 6.29 Å². The Morgan fingerprint density at radius 1 is 1.18 bits per heavy atom. The molecular weight excluding hydrogens is 360 g/mol. The van der Waals surface area contributed by atoms with Gasteiger partial charge >= 0.3 is 11.9 Å². The van der Waals surface area contributed by atoms with E-state index in [1.54, 1.807) is 0 Å². The average Bonchev–Trinajstić information content (AvgIpc) is 3.06. The summed E-state index contributed by atoms with van der Waals surface area (Å²) in [6.45, 7) is 8.46. The smallest absolute Gasteiger partial charge is 0.311 e. The van der Waals surface area contributed by atoms with Crippen molar-refractivity contribution in [3.8, 4) is 0 Å². The van der Waals surface area contributed by atoms with Crippen LogP contribution in [0.15, 0.2) is 0 Å². The molecule has 9 atom stereocenters. The van der Waals surface area contributed by atoms with Gasteiger partial charge in [0.1, 0.15) is 6.10 Å². The first-order chi connectivity index (χ1) is 13.1. The predicted molar refractivity (Wildman–Crippen MR) is 98.5 cm³/mol. The first-order valence-corrected chi connectivity index (χ1v) is 10.8. The monoisotopic (exact) mass is 392 g/mol. The van der Waals surface area contributed by atoms with Crippen LogP contribution in [-0.4, -0.2) is 35.7 Å². The van der Waals surface area contributed by atoms with Crippen molar-refractivity contribution in [3.05, 3.63) is 0 Å². The minimum atomic E-state index is -1.07. The zero-order valence-corrected chi connectivity index (χ0v) is 17.3. The summed E-state index contributed by atoms with van der Waals surface area (Å²) in [5.41, 5.74) is -0.589. The minimum Gasteiger partial charge on any atom is -0.462 e. The van der Waals surface area contributed by atoms with E-state index in [1.807, 2.05) is 0 Å². The Hall–Kier alpha value is -1.14. The quantitative estimate of drug-likeness (QED) is 0.691. The minimum absolute atomic E-state index is 0.0221. The normalized spacial score (nSPS) is 53.6. The highest BCUT2D eigenvalue weighted by Crippen LogP contribution is 2.73. The molecule has 2 heterocycles. The van der Waals surface area contributed by atoms with Crippen LogP contribution in [0, 0.1) is 39.9 Å². The summed E-state index contributed by atoms with van der Waals surface area (Å²) >= 11 is 0. The Bertz CT molecular complexity index is 718. The predicted octanol–water partition coefficient (Wildman–Crippen LogP) is 3.01. The van der Waals surface area contributed by atoms with Crippen LogP contribution in [-0.2, 0) is 23.8 Å². The van der Waals surface area contributed by atoms with Gasteiger partial charge in [-0.2, -0.15) is 0 Å². The molecule has 5 rings (SSSR count). The van der Waals surface area contributed by atoms with Crippen molar-refractivity contribution < 1.29 is 28.9 Å². The zero-order valence-electron chi connectivity index (χ0n) is 17.3. The third kappa shape index (κ3) is 2.11. The molecule has 0 radical (unpaired) electrons. The van der Waals surface area contributed by atoms with E-state index in [1.165, 1.54) is 6.92 Å². The van der Waals surface area contributed by atoms with Gasteiger partial charge in [0.05, 0.1) is 11.3 Å². The number of fused-ring (bicyclic) bond motifs is 2. The second-order valence-electron chi connectivity index (χ2n) is 10.8. The number of aliphatic hydroxyl groups excluding tert-OH is 1. The fourth-order valence-corrected chi connectivity index (χ4v) is 8.45. The van der Waals surface area contributed by atoms with E-state index < -0.39 is 24.1 Å². The van der Waals surface area contributed by atoms with E-state index in [4.69, 9.17) is 14.2 Å². The van der Waals surface area contributed by atoms with Gasteiger partial charge < -0.3 is 19.3 Å². The van der Waals surface area contributed by atoms with Crippen LogP contribution in [0.3, 0.4) is 0 Å². The molecule has 5 aliphatic rings. The van der Waals surface area contributed by atoms with Gasteiger partial charge in [-0.15, -0.1) is 0 Å². The summed E-state index contributed by atoms with van der Waals surface area (Å²) in [6.07, 6.45) is 3.49. The number of esters is 2. The second kappa shape index (κ2) is 5.72. The number of rotatable bonds is 1. The first kappa shape index (κ1) is 18.9. The standard InChI is InChI=1S/C22H32O6/c1-11(23)26-15-10-14-20(2,3)8-5-9-21(14,4)13-7-6-12-16-18(27-17(12)24)28-19(25)22(13,15)16/h12-16,18-19,25H,5-10H2,1-4H3/t12?,13?,14?,15-,16?,18+,19?,21-,22-/m1/s1. The van der Waals surface area contributed by atoms with Crippen molar-refractivity contribution in [2.75, 3.05) is 0 Å². The molecule has 0 aromatic carbocycles. The van der Waals surface area contributed by atoms with Crippen molar-refractivity contribution in [1.29, 1.82) is 0 Å². The highest BCUT2D eigenvalue weighted by atomic mass is 16.8. The van der Waals surface area contributed by atoms with E-state index in [0.29, 0.717) is 12.3 Å². The lowest BCUT2D eigenvalue weighted by molar-refractivity contribution is -0.278. The molecule has 1 N–H and O–H groups in total. The Kier molecular flexibility index (Phi) is 3.85. The molecule has 3 aliphatic carbocycles. The molecule has 156 valence electrons. The topological polar surface area (TPSA) is 82.1 Å². The van der Waals surface area contributed by atoms with Crippen molar-refractivity contribution in [2.24, 2.45) is 39.9 Å². The lowest BCUT2D eigenvalue weighted by Crippen LogP contribution is -2.68. The maximum Gasteiger partial charge on any atom is 0.311 e. The molecule has 28 heavy (non-hydrogen) atoms. The van der Waals surface area contributed by atoms with Crippen LogP contribution in [0.4, 0.5) is 0 Å². The molecule has 6 nitrogen and oxygen atoms in total. The number of hydrogen-bond donors (Lipinski definition) is 1. The highest BCUT2D eigenvalue weighted by Gasteiger charge is 2.78. The molecule has 5 fully saturated rings. The van der Waals surface area contributed by atoms with Crippen LogP contribution >= 0.6 is 0 Å². The number of ether oxygens (including phenoxy) is 3. The number of carbonyl (C=O) groups excluding carboxylic acids is 2. The van der Waals surface area contributed by atoms with E-state index in [9.17, 15) is 14.7 Å². The largest absolute Gasteiger partial charge is 0.462 e. The number of carbonyl (C=O) groups is 2. The number of aliphatic hydroxyl groups is 1. The van der Waals surface area contributed by atoms with Gasteiger partial charge in [-0.1, -0.05) is 27.2 Å². The molecule has 3 saturated carbocycles. The van der Waals surface area contributed by atoms with Gasteiger partial charge in [-0.05, 0) is 54.8 Å². The van der Waals surface area contributed by atoms with Crippen molar-refractivity contribution >= 4 is 11.9 Å². The highest BCUT2D eigenvalue weighted by molar-refractivity contribution is 5.76. The molecule has 0 aromatic rings. The van der Waals surface area contributed by atoms with Crippen LogP contribution in [0.5, 0.6) is 0 Å². The molecule has 1 spiro atoms. The maximum atomic E-state index is 12.5. The summed E-state index contributed by atoms with van der Waals surface area (Å²) in [4.78, 5) is 24.6. The SMILES string of the molecule is CC(=O)O[C@@H]1CC2C(C)(C)CCC[C@]2(C)C2CCC3C(=O)O[C@H]4OC(O)[C@]21C34. The average molecular weight is 392 g/mol. The van der Waals surface area contributed by atoms with E-state index in [-0.39, 0.29) is 40.5 Å². The van der Waals surface area contributed by atoms with Crippen molar-refractivity contribution in [3.63, 3.8) is 0 Å². The fourth-order valence-electron chi connectivity index (χ4n) is 8.45. The Balaban J connectivity index is 1.68. The molecule has 0 amide bonds. The summed E-state index contributed by atoms with van der Waals surface area (Å²) < 4.78 is 17.3. The van der Waals surface area contributed by atoms with Crippen LogP contribution < -0.4 is 0 Å². The zero-order chi connectivity index (χ0) is 20.1. The van der Waals surface area contributed by atoms with Crippen LogP contribution in [0.1, 0.15) is 66.2 Å². The molecule has 6 heteroatoms. The molecule has 2 saturated heterocycles. The van der Waals surface area contributed by atoms with Gasteiger partial charge in [-0.25, -0.2) is 0 Å². The van der Waals surface area contributed by atoms with Crippen molar-refractivity contribution in [1.82, 2.24) is 0 Å². The summed E-state index contributed by atoms with van der Waals surface area (Å²) in [6, 6.07) is 0. The van der Waals surface area contributed by atoms with Crippen molar-refractivity contribution in [2.45, 2.75) is 84.9 Å². The first-order valence-electron chi connectivity index (χ1n) is 10.8. The van der Waals surface area contributed by atoms with Gasteiger partial charge in [0, 0.05) is 12.8 Å². The van der Waals surface area contributed by atoms with Gasteiger partial charge in [0.2, 0.25) is 6.29 Å². The van der Waals surface area contributed by atoms with E-state index >= 15 is 0 Å². The summed E-state index contributed by atoms with van der Waals surface area (Å²) in [5, 5.41) is 11.2. The van der Waals surface area contributed by atoms with E-state index in [2.05, 4.69) is 20.8 Å². The summed E-state index contributed by atoms with van der Waals surface area (Å²) in [7, 11) is 0. The molecule has 2 aliphatic heterocycles. The molecule has 0 aromatic heterocycles. The Labute approximate surface area is 166 Å². The Morgan fingerprint density at radius 3 is 2.64 bits per heavy atom. The lowest BCUT2D eigenvalue weighted by atomic mass is 9.37. The van der Waals surface area contributed by atoms with E-state index in [0.717, 1.165) is 32.1 Å². The third-order valence-electron chi connectivity index (χ3n) is 9.29. The van der Waals surface area contributed by atoms with Gasteiger partial charge in [0.25, 0.3) is 0 Å². The lowest BCUT2D eigenvalue weighted by Gasteiger charge is -2.67. The van der Waals surface area contributed by atoms with Gasteiger partial charge in [-0.3, -0.25) is 9.59 Å². The van der Waals surface area contributed by atoms with Crippen LogP contribution in [0.2, 0.25) is 0 Å². The third-order valence-corrected chi connectivity index (χ3v) is 9.29. The second-order valence-corrected chi connectivity index (χ2v) is 10.8.